The fourth-order valence-electron chi connectivity index (χ4n) is 2.33. The molecule has 0 saturated heterocycles. The molecule has 114 valence electrons. The van der Waals surface area contributed by atoms with Crippen LogP contribution in [0.25, 0.3) is 0 Å². The lowest BCUT2D eigenvalue weighted by molar-refractivity contribution is 0.411. The maximum atomic E-state index is 5.28. The number of nitrogens with zero attached hydrogens (tertiary/aromatic N) is 1. The topological polar surface area (TPSA) is 34.1 Å². The van der Waals surface area contributed by atoms with Gasteiger partial charge in [0.25, 0.3) is 0 Å². The van der Waals surface area contributed by atoms with Gasteiger partial charge in [-0.25, -0.2) is 4.98 Å². The summed E-state index contributed by atoms with van der Waals surface area (Å²) in [6.45, 7) is 5.15. The molecule has 0 aliphatic rings. The average Bonchev–Trinajstić information content (AvgIpc) is 2.84. The number of aromatic nitrogens is 1. The van der Waals surface area contributed by atoms with E-state index in [1.54, 1.807) is 18.4 Å². The van der Waals surface area contributed by atoms with E-state index in [1.807, 2.05) is 13.0 Å². The lowest BCUT2D eigenvalue weighted by atomic mass is 10.0. The molecule has 0 aliphatic heterocycles. The van der Waals surface area contributed by atoms with Gasteiger partial charge in [-0.3, -0.25) is 0 Å². The third-order valence-electron chi connectivity index (χ3n) is 3.28. The molecule has 1 unspecified atom stereocenters. The molecule has 1 aromatic carbocycles. The normalized spacial score (nSPS) is 12.4. The molecule has 1 N–H and O–H groups in total. The van der Waals surface area contributed by atoms with E-state index >= 15 is 0 Å². The van der Waals surface area contributed by atoms with Crippen LogP contribution in [0.15, 0.2) is 28.1 Å². The Kier molecular flexibility index (Phi) is 6.21. The van der Waals surface area contributed by atoms with Gasteiger partial charge in [-0.05, 0) is 53.5 Å². The van der Waals surface area contributed by atoms with Crippen LogP contribution < -0.4 is 10.1 Å². The van der Waals surface area contributed by atoms with Crippen molar-refractivity contribution in [2.45, 2.75) is 32.7 Å². The summed E-state index contributed by atoms with van der Waals surface area (Å²) in [5, 5.41) is 6.87. The van der Waals surface area contributed by atoms with Crippen LogP contribution in [-0.2, 0) is 12.8 Å². The van der Waals surface area contributed by atoms with Crippen molar-refractivity contribution < 1.29 is 4.74 Å². The molecule has 1 heterocycles. The molecule has 1 aromatic heterocycles. The quantitative estimate of drug-likeness (QED) is 0.802. The van der Waals surface area contributed by atoms with Gasteiger partial charge in [0, 0.05) is 23.5 Å². The molecular weight excluding hydrogens is 348 g/mol. The number of benzene rings is 1. The zero-order valence-corrected chi connectivity index (χ0v) is 15.1. The zero-order valence-electron chi connectivity index (χ0n) is 12.6. The van der Waals surface area contributed by atoms with E-state index in [0.717, 1.165) is 35.3 Å². The second kappa shape index (κ2) is 7.92. The Morgan fingerprint density at radius 3 is 2.76 bits per heavy atom. The first-order valence-corrected chi connectivity index (χ1v) is 8.76. The molecule has 0 fully saturated rings. The standard InChI is InChI=1S/C16H21BrN2OS/c1-4-18-13(9-16-19-11(2)10-21-16)7-12-5-6-15(20-3)14(17)8-12/h5-6,8,10,13,18H,4,7,9H2,1-3H3. The average molecular weight is 369 g/mol. The molecule has 21 heavy (non-hydrogen) atoms. The number of methoxy groups -OCH3 is 1. The van der Waals surface area contributed by atoms with Gasteiger partial charge in [0.2, 0.25) is 0 Å². The highest BCUT2D eigenvalue weighted by molar-refractivity contribution is 9.10. The molecule has 0 saturated carbocycles. The summed E-state index contributed by atoms with van der Waals surface area (Å²) < 4.78 is 6.28. The van der Waals surface area contributed by atoms with Crippen molar-refractivity contribution in [1.29, 1.82) is 0 Å². The van der Waals surface area contributed by atoms with Gasteiger partial charge in [-0.15, -0.1) is 11.3 Å². The Morgan fingerprint density at radius 1 is 1.38 bits per heavy atom. The van der Waals surface area contributed by atoms with E-state index in [-0.39, 0.29) is 0 Å². The van der Waals surface area contributed by atoms with Crippen molar-refractivity contribution >= 4 is 27.3 Å². The van der Waals surface area contributed by atoms with Crippen LogP contribution in [0.5, 0.6) is 5.75 Å². The maximum Gasteiger partial charge on any atom is 0.133 e. The van der Waals surface area contributed by atoms with Gasteiger partial charge >= 0.3 is 0 Å². The maximum absolute atomic E-state index is 5.28. The van der Waals surface area contributed by atoms with Gasteiger partial charge < -0.3 is 10.1 Å². The minimum atomic E-state index is 0.404. The zero-order chi connectivity index (χ0) is 15.2. The summed E-state index contributed by atoms with van der Waals surface area (Å²) in [7, 11) is 1.69. The van der Waals surface area contributed by atoms with Crippen molar-refractivity contribution in [3.63, 3.8) is 0 Å². The summed E-state index contributed by atoms with van der Waals surface area (Å²) in [4.78, 5) is 4.57. The summed E-state index contributed by atoms with van der Waals surface area (Å²) in [5.41, 5.74) is 2.40. The van der Waals surface area contributed by atoms with Crippen molar-refractivity contribution in [3.05, 3.63) is 44.3 Å². The number of thiazole rings is 1. The number of hydrogen-bond donors (Lipinski definition) is 1. The SMILES string of the molecule is CCNC(Cc1ccc(OC)c(Br)c1)Cc1nc(C)cs1. The minimum absolute atomic E-state index is 0.404. The van der Waals surface area contributed by atoms with Crippen molar-refractivity contribution in [3.8, 4) is 5.75 Å². The van der Waals surface area contributed by atoms with Crippen molar-refractivity contribution in [1.82, 2.24) is 10.3 Å². The number of nitrogens with one attached hydrogen (secondary N) is 1. The Labute approximate surface area is 138 Å². The first-order chi connectivity index (χ1) is 10.1. The van der Waals surface area contributed by atoms with Gasteiger partial charge in [0.15, 0.2) is 0 Å². The monoisotopic (exact) mass is 368 g/mol. The van der Waals surface area contributed by atoms with E-state index < -0.39 is 0 Å². The van der Waals surface area contributed by atoms with E-state index in [1.165, 1.54) is 10.6 Å². The highest BCUT2D eigenvalue weighted by atomic mass is 79.9. The van der Waals surface area contributed by atoms with E-state index in [4.69, 9.17) is 4.74 Å². The highest BCUT2D eigenvalue weighted by Crippen LogP contribution is 2.26. The van der Waals surface area contributed by atoms with Crippen molar-refractivity contribution in [2.75, 3.05) is 13.7 Å². The molecule has 2 rings (SSSR count). The molecule has 0 amide bonds. The fourth-order valence-corrected chi connectivity index (χ4v) is 3.78. The third-order valence-corrected chi connectivity index (χ3v) is 4.89. The second-order valence-electron chi connectivity index (χ2n) is 5.01. The summed E-state index contributed by atoms with van der Waals surface area (Å²) in [5.74, 6) is 0.870. The Balaban J connectivity index is 2.06. The largest absolute Gasteiger partial charge is 0.496 e. The van der Waals surface area contributed by atoms with Crippen LogP contribution >= 0.6 is 27.3 Å². The van der Waals surface area contributed by atoms with E-state index in [2.05, 4.69) is 50.7 Å². The van der Waals surface area contributed by atoms with Gasteiger partial charge in [-0.2, -0.15) is 0 Å². The fraction of sp³-hybridized carbons (Fsp3) is 0.438. The Bertz CT molecular complexity index is 585. The predicted molar refractivity (Wildman–Crippen MR) is 92.4 cm³/mol. The first-order valence-electron chi connectivity index (χ1n) is 7.09. The number of ether oxygens (including phenoxy) is 1. The Morgan fingerprint density at radius 2 is 2.19 bits per heavy atom. The molecule has 0 aliphatic carbocycles. The number of halogens is 1. The van der Waals surface area contributed by atoms with Crippen LogP contribution in [0, 0.1) is 6.92 Å². The van der Waals surface area contributed by atoms with E-state index in [9.17, 15) is 0 Å². The van der Waals surface area contributed by atoms with Crippen LogP contribution in [-0.4, -0.2) is 24.7 Å². The number of hydrogen-bond acceptors (Lipinski definition) is 4. The van der Waals surface area contributed by atoms with Crippen LogP contribution in [0.2, 0.25) is 0 Å². The molecule has 0 radical (unpaired) electrons. The van der Waals surface area contributed by atoms with Gasteiger partial charge in [0.1, 0.15) is 5.75 Å². The molecule has 0 bridgehead atoms. The lowest BCUT2D eigenvalue weighted by Crippen LogP contribution is -2.33. The summed E-state index contributed by atoms with van der Waals surface area (Å²) in [6, 6.07) is 6.67. The van der Waals surface area contributed by atoms with Crippen molar-refractivity contribution in [2.24, 2.45) is 0 Å². The molecular formula is C16H21BrN2OS. The second-order valence-corrected chi connectivity index (χ2v) is 6.81. The minimum Gasteiger partial charge on any atom is -0.496 e. The number of aryl methyl sites for hydroxylation is 1. The first kappa shape index (κ1) is 16.5. The molecule has 5 heteroatoms. The van der Waals surface area contributed by atoms with Crippen LogP contribution in [0.3, 0.4) is 0 Å². The Hall–Kier alpha value is -0.910. The predicted octanol–water partition coefficient (Wildman–Crippen LogP) is 3.99. The smallest absolute Gasteiger partial charge is 0.133 e. The van der Waals surface area contributed by atoms with Gasteiger partial charge in [-0.1, -0.05) is 13.0 Å². The third kappa shape index (κ3) is 4.80. The molecule has 1 atom stereocenters. The van der Waals surface area contributed by atoms with E-state index in [0.29, 0.717) is 6.04 Å². The lowest BCUT2D eigenvalue weighted by Gasteiger charge is -2.17. The van der Waals surface area contributed by atoms with Gasteiger partial charge in [0.05, 0.1) is 16.6 Å². The molecule has 0 spiro atoms. The van der Waals surface area contributed by atoms with Crippen LogP contribution in [0.4, 0.5) is 0 Å². The highest BCUT2D eigenvalue weighted by Gasteiger charge is 2.13. The van der Waals surface area contributed by atoms with Crippen LogP contribution in [0.1, 0.15) is 23.2 Å². The number of likely N-dealkylation sites (N-methyl/N-ethyl adjacent to an activating group) is 1. The summed E-state index contributed by atoms with van der Waals surface area (Å²) >= 11 is 5.29. The summed E-state index contributed by atoms with van der Waals surface area (Å²) in [6.07, 6.45) is 1.95. The molecule has 2 aromatic rings. The number of rotatable bonds is 7. The molecule has 3 nitrogen and oxygen atoms in total.